The Morgan fingerprint density at radius 3 is 2.39 bits per heavy atom. The number of benzene rings is 2. The lowest BCUT2D eigenvalue weighted by atomic mass is 10.1. The number of sulfonamides is 1. The van der Waals surface area contributed by atoms with Crippen molar-refractivity contribution in [2.24, 2.45) is 0 Å². The Bertz CT molecular complexity index is 1660. The molecule has 0 bridgehead atoms. The average Bonchev–Trinajstić information content (AvgIpc) is 3.51. The minimum Gasteiger partial charge on any atom is -0.465 e. The summed E-state index contributed by atoms with van der Waals surface area (Å²) in [5.41, 5.74) is 3.40. The number of hydrogen-bond donors (Lipinski definition) is 1. The standard InChI is InChI=1S/C29H33N5O5S2/c1-6-33(7-2)41(37,38)23-15-11-14-22(16-23)27-31-32-29(34(27)17-21-12-9-8-10-13-21)40-18-24(35)26-19(3)25(20(4)30-26)28(36)39-5/h8-16,30H,6-7,17-18H2,1-5H3. The molecule has 0 unspecified atom stereocenters. The molecule has 12 heteroatoms. The molecule has 4 rings (SSSR count). The van der Waals surface area contributed by atoms with Crippen LogP contribution in [0.3, 0.4) is 0 Å². The third kappa shape index (κ3) is 6.29. The van der Waals surface area contributed by atoms with Crippen LogP contribution in [0, 0.1) is 13.8 Å². The molecule has 0 spiro atoms. The molecule has 0 aliphatic heterocycles. The molecule has 10 nitrogen and oxygen atoms in total. The normalized spacial score (nSPS) is 11.7. The number of ketones is 1. The molecular weight excluding hydrogens is 562 g/mol. The fourth-order valence-electron chi connectivity index (χ4n) is 4.67. The van der Waals surface area contributed by atoms with Crippen LogP contribution >= 0.6 is 11.8 Å². The molecule has 0 saturated heterocycles. The lowest BCUT2D eigenvalue weighted by Crippen LogP contribution is -2.30. The second-order valence-corrected chi connectivity index (χ2v) is 12.2. The highest BCUT2D eigenvalue weighted by Crippen LogP contribution is 2.29. The number of aromatic nitrogens is 4. The van der Waals surface area contributed by atoms with Crippen LogP contribution in [-0.2, 0) is 21.3 Å². The van der Waals surface area contributed by atoms with Gasteiger partial charge in [-0.1, -0.05) is 68.1 Å². The first kappa shape index (κ1) is 30.2. The number of H-pyrrole nitrogens is 1. The number of nitrogens with zero attached hydrogens (tertiary/aromatic N) is 4. The number of Topliss-reactive ketones (excluding diaryl/α,β-unsaturated/α-hetero) is 1. The van der Waals surface area contributed by atoms with E-state index in [1.807, 2.05) is 34.9 Å². The maximum absolute atomic E-state index is 13.2. The van der Waals surface area contributed by atoms with E-state index in [4.69, 9.17) is 4.74 Å². The summed E-state index contributed by atoms with van der Waals surface area (Å²) in [5.74, 6) is -0.167. The highest BCUT2D eigenvalue weighted by Gasteiger charge is 2.25. The number of thioether (sulfide) groups is 1. The van der Waals surface area contributed by atoms with Crippen molar-refractivity contribution in [2.75, 3.05) is 26.0 Å². The SMILES string of the molecule is CCN(CC)S(=O)(=O)c1cccc(-c2nnc(SCC(=O)c3[nH]c(C)c(C(=O)OC)c3C)n2Cc2ccccc2)c1. The first-order chi connectivity index (χ1) is 19.6. The minimum atomic E-state index is -3.67. The van der Waals surface area contributed by atoms with Crippen LogP contribution in [0.2, 0.25) is 0 Å². The van der Waals surface area contributed by atoms with Crippen molar-refractivity contribution in [1.82, 2.24) is 24.1 Å². The Morgan fingerprint density at radius 1 is 1.02 bits per heavy atom. The number of esters is 1. The molecule has 4 aromatic rings. The van der Waals surface area contributed by atoms with Crippen LogP contribution in [-0.4, -0.2) is 70.2 Å². The molecule has 0 saturated carbocycles. The Hall–Kier alpha value is -3.74. The highest BCUT2D eigenvalue weighted by atomic mass is 32.2. The molecule has 1 N–H and O–H groups in total. The van der Waals surface area contributed by atoms with E-state index in [1.54, 1.807) is 52.0 Å². The van der Waals surface area contributed by atoms with Gasteiger partial charge in [0.1, 0.15) is 0 Å². The molecule has 2 aromatic carbocycles. The highest BCUT2D eigenvalue weighted by molar-refractivity contribution is 7.99. The van der Waals surface area contributed by atoms with E-state index in [0.717, 1.165) is 5.56 Å². The summed E-state index contributed by atoms with van der Waals surface area (Å²) in [6.45, 7) is 8.19. The van der Waals surface area contributed by atoms with Crippen molar-refractivity contribution in [3.8, 4) is 11.4 Å². The van der Waals surface area contributed by atoms with Crippen molar-refractivity contribution in [3.05, 3.63) is 82.7 Å². The van der Waals surface area contributed by atoms with Gasteiger partial charge < -0.3 is 9.72 Å². The number of nitrogens with one attached hydrogen (secondary N) is 1. The average molecular weight is 596 g/mol. The molecular formula is C29H33N5O5S2. The number of aromatic amines is 1. The number of rotatable bonds is 12. The molecule has 0 aliphatic carbocycles. The topological polar surface area (TPSA) is 127 Å². The zero-order valence-corrected chi connectivity index (χ0v) is 25.3. The quantitative estimate of drug-likeness (QED) is 0.142. The van der Waals surface area contributed by atoms with Gasteiger partial charge in [0.2, 0.25) is 10.0 Å². The van der Waals surface area contributed by atoms with E-state index >= 15 is 0 Å². The summed E-state index contributed by atoms with van der Waals surface area (Å²) in [5, 5.41) is 9.30. The molecule has 0 amide bonds. The first-order valence-corrected chi connectivity index (χ1v) is 15.6. The van der Waals surface area contributed by atoms with Crippen molar-refractivity contribution in [1.29, 1.82) is 0 Å². The summed E-state index contributed by atoms with van der Waals surface area (Å²) < 4.78 is 34.5. The summed E-state index contributed by atoms with van der Waals surface area (Å²) in [6, 6.07) is 16.4. The summed E-state index contributed by atoms with van der Waals surface area (Å²) in [7, 11) is -2.37. The molecule has 2 aromatic heterocycles. The van der Waals surface area contributed by atoms with Crippen molar-refractivity contribution < 1.29 is 22.7 Å². The van der Waals surface area contributed by atoms with E-state index in [-0.39, 0.29) is 16.4 Å². The van der Waals surface area contributed by atoms with Crippen LogP contribution in [0.5, 0.6) is 0 Å². The van der Waals surface area contributed by atoms with Gasteiger partial charge in [-0.25, -0.2) is 13.2 Å². The smallest absolute Gasteiger partial charge is 0.339 e. The van der Waals surface area contributed by atoms with Gasteiger partial charge in [0.05, 0.1) is 35.6 Å². The third-order valence-electron chi connectivity index (χ3n) is 6.77. The second-order valence-electron chi connectivity index (χ2n) is 9.32. The zero-order valence-electron chi connectivity index (χ0n) is 23.7. The molecule has 216 valence electrons. The molecule has 0 atom stereocenters. The van der Waals surface area contributed by atoms with E-state index in [0.29, 0.717) is 58.7 Å². The summed E-state index contributed by atoms with van der Waals surface area (Å²) in [4.78, 5) is 28.6. The Balaban J connectivity index is 1.68. The van der Waals surface area contributed by atoms with Crippen LogP contribution in [0.4, 0.5) is 0 Å². The lowest BCUT2D eigenvalue weighted by molar-refractivity contribution is 0.0599. The predicted molar refractivity (Wildman–Crippen MR) is 158 cm³/mol. The first-order valence-electron chi connectivity index (χ1n) is 13.1. The third-order valence-corrected chi connectivity index (χ3v) is 9.79. The van der Waals surface area contributed by atoms with Crippen molar-refractivity contribution in [3.63, 3.8) is 0 Å². The Labute approximate surface area is 244 Å². The van der Waals surface area contributed by atoms with Gasteiger partial charge in [-0.15, -0.1) is 10.2 Å². The van der Waals surface area contributed by atoms with Crippen molar-refractivity contribution in [2.45, 2.75) is 44.3 Å². The number of aryl methyl sites for hydroxylation is 1. The predicted octanol–water partition coefficient (Wildman–Crippen LogP) is 4.73. The summed E-state index contributed by atoms with van der Waals surface area (Å²) in [6.07, 6.45) is 0. The lowest BCUT2D eigenvalue weighted by Gasteiger charge is -2.19. The van der Waals surface area contributed by atoms with Crippen LogP contribution in [0.25, 0.3) is 11.4 Å². The van der Waals surface area contributed by atoms with Gasteiger partial charge in [0, 0.05) is 24.3 Å². The van der Waals surface area contributed by atoms with Gasteiger partial charge in [-0.2, -0.15) is 4.31 Å². The van der Waals surface area contributed by atoms with Crippen LogP contribution < -0.4 is 0 Å². The Morgan fingerprint density at radius 2 is 1.73 bits per heavy atom. The zero-order chi connectivity index (χ0) is 29.7. The monoisotopic (exact) mass is 595 g/mol. The number of ether oxygens (including phenoxy) is 1. The Kier molecular flexibility index (Phi) is 9.46. The number of carbonyl (C=O) groups excluding carboxylic acids is 2. The largest absolute Gasteiger partial charge is 0.465 e. The molecule has 0 radical (unpaired) electrons. The van der Waals surface area contributed by atoms with Gasteiger partial charge >= 0.3 is 5.97 Å². The fraction of sp³-hybridized carbons (Fsp3) is 0.310. The fourth-order valence-corrected chi connectivity index (χ4v) is 6.98. The number of hydrogen-bond acceptors (Lipinski definition) is 8. The molecule has 2 heterocycles. The number of methoxy groups -OCH3 is 1. The van der Waals surface area contributed by atoms with Crippen molar-refractivity contribution >= 4 is 33.5 Å². The van der Waals surface area contributed by atoms with Gasteiger partial charge in [0.25, 0.3) is 0 Å². The van der Waals surface area contributed by atoms with E-state index in [2.05, 4.69) is 15.2 Å². The molecule has 0 aliphatic rings. The van der Waals surface area contributed by atoms with Gasteiger partial charge in [-0.05, 0) is 37.1 Å². The van der Waals surface area contributed by atoms with E-state index in [1.165, 1.54) is 23.2 Å². The molecule has 0 fully saturated rings. The van der Waals surface area contributed by atoms with Crippen LogP contribution in [0.15, 0.2) is 64.6 Å². The summed E-state index contributed by atoms with van der Waals surface area (Å²) >= 11 is 1.22. The number of carbonyl (C=O) groups is 2. The van der Waals surface area contributed by atoms with Gasteiger partial charge in [-0.3, -0.25) is 9.36 Å². The van der Waals surface area contributed by atoms with E-state index < -0.39 is 16.0 Å². The maximum Gasteiger partial charge on any atom is 0.339 e. The minimum absolute atomic E-state index is 0.0463. The maximum atomic E-state index is 13.2. The molecule has 41 heavy (non-hydrogen) atoms. The van der Waals surface area contributed by atoms with Crippen LogP contribution in [0.1, 0.15) is 51.5 Å². The van der Waals surface area contributed by atoms with E-state index in [9.17, 15) is 18.0 Å². The second kappa shape index (κ2) is 12.8. The van der Waals surface area contributed by atoms with Gasteiger partial charge in [0.15, 0.2) is 16.8 Å².